The second kappa shape index (κ2) is 6.84. The average Bonchev–Trinajstić information content (AvgIpc) is 2.54. The van der Waals surface area contributed by atoms with E-state index in [4.69, 9.17) is 0 Å². The van der Waals surface area contributed by atoms with Crippen molar-refractivity contribution in [2.45, 2.75) is 17.6 Å². The molecule has 0 spiro atoms. The first-order valence-electron chi connectivity index (χ1n) is 6.98. The lowest BCUT2D eigenvalue weighted by atomic mass is 10.1. The third-order valence-electron chi connectivity index (χ3n) is 3.42. The molecular weight excluding hydrogens is 332 g/mol. The number of hydrogen-bond donors (Lipinski definition) is 1. The highest BCUT2D eigenvalue weighted by Gasteiger charge is 2.19. The summed E-state index contributed by atoms with van der Waals surface area (Å²) in [5.41, 5.74) is 0.575. The number of aromatic hydroxyl groups is 1. The minimum absolute atomic E-state index is 0.0201. The number of benzene rings is 2. The fourth-order valence-electron chi connectivity index (χ4n) is 2.16. The molecule has 0 aliphatic carbocycles. The summed E-state index contributed by atoms with van der Waals surface area (Å²) < 4.78 is 29.5. The van der Waals surface area contributed by atoms with E-state index in [9.17, 15) is 23.1 Å². The van der Waals surface area contributed by atoms with Crippen molar-refractivity contribution in [3.05, 3.63) is 59.2 Å². The number of phenols is 1. The number of Topliss-reactive ketones (excluding diaryl/α,β-unsaturated/α-hetero) is 1. The fourth-order valence-corrected chi connectivity index (χ4v) is 3.54. The molecule has 0 amide bonds. The number of carbonyl (C=O) groups is 2. The molecule has 0 unspecified atom stereocenters. The van der Waals surface area contributed by atoms with Gasteiger partial charge in [-0.05, 0) is 36.8 Å². The van der Waals surface area contributed by atoms with Crippen LogP contribution < -0.4 is 0 Å². The Morgan fingerprint density at radius 2 is 1.83 bits per heavy atom. The number of esters is 1. The lowest BCUT2D eigenvalue weighted by Gasteiger charge is -2.08. The summed E-state index contributed by atoms with van der Waals surface area (Å²) in [5.74, 6) is -1.67. The predicted octanol–water partition coefficient (Wildman–Crippen LogP) is 2.36. The standard InChI is InChI=1S/C17H16O6S/c1-11(18)13-4-3-5-14(9-13)24(21,22)10-12-6-7-15(16(19)8-12)17(20)23-2/h3-9,19H,10H2,1-2H3. The normalized spacial score (nSPS) is 11.1. The van der Waals surface area contributed by atoms with Crippen molar-refractivity contribution in [2.24, 2.45) is 0 Å². The summed E-state index contributed by atoms with van der Waals surface area (Å²) in [6.45, 7) is 1.36. The Hall–Kier alpha value is -2.67. The first kappa shape index (κ1) is 17.7. The number of carbonyl (C=O) groups excluding carboxylic acids is 2. The molecule has 0 aromatic heterocycles. The van der Waals surface area contributed by atoms with Gasteiger partial charge in [0.2, 0.25) is 0 Å². The molecule has 2 rings (SSSR count). The van der Waals surface area contributed by atoms with Gasteiger partial charge in [-0.25, -0.2) is 13.2 Å². The number of ether oxygens (including phenoxy) is 1. The summed E-state index contributed by atoms with van der Waals surface area (Å²) in [7, 11) is -2.52. The van der Waals surface area contributed by atoms with Crippen molar-refractivity contribution < 1.29 is 27.9 Å². The molecule has 2 aromatic rings. The molecule has 6 nitrogen and oxygen atoms in total. The second-order valence-corrected chi connectivity index (χ2v) is 7.18. The summed E-state index contributed by atoms with van der Waals surface area (Å²) in [5, 5.41) is 9.84. The smallest absolute Gasteiger partial charge is 0.341 e. The van der Waals surface area contributed by atoms with Crippen LogP contribution in [0.5, 0.6) is 5.75 Å². The van der Waals surface area contributed by atoms with Crippen LogP contribution in [-0.4, -0.2) is 32.4 Å². The maximum atomic E-state index is 12.5. The number of methoxy groups -OCH3 is 1. The first-order valence-corrected chi connectivity index (χ1v) is 8.64. The van der Waals surface area contributed by atoms with Crippen molar-refractivity contribution >= 4 is 21.6 Å². The van der Waals surface area contributed by atoms with Gasteiger partial charge in [0.1, 0.15) is 11.3 Å². The van der Waals surface area contributed by atoms with Crippen LogP contribution >= 0.6 is 0 Å². The van der Waals surface area contributed by atoms with Gasteiger partial charge >= 0.3 is 5.97 Å². The summed E-state index contributed by atoms with van der Waals surface area (Å²) in [6, 6.07) is 9.71. The predicted molar refractivity (Wildman–Crippen MR) is 86.8 cm³/mol. The van der Waals surface area contributed by atoms with E-state index in [1.807, 2.05) is 0 Å². The van der Waals surface area contributed by atoms with Crippen LogP contribution in [0.1, 0.15) is 33.2 Å². The number of sulfone groups is 1. The zero-order chi connectivity index (χ0) is 17.9. The van der Waals surface area contributed by atoms with Crippen LogP contribution in [0.4, 0.5) is 0 Å². The van der Waals surface area contributed by atoms with Gasteiger partial charge in [0.05, 0.1) is 17.8 Å². The maximum absolute atomic E-state index is 12.5. The van der Waals surface area contributed by atoms with E-state index in [1.165, 1.54) is 50.4 Å². The van der Waals surface area contributed by atoms with Crippen molar-refractivity contribution in [2.75, 3.05) is 7.11 Å². The SMILES string of the molecule is COC(=O)c1ccc(CS(=O)(=O)c2cccc(C(C)=O)c2)cc1O. The summed E-state index contributed by atoms with van der Waals surface area (Å²) in [4.78, 5) is 22.8. The van der Waals surface area contributed by atoms with E-state index in [2.05, 4.69) is 4.74 Å². The third-order valence-corrected chi connectivity index (χ3v) is 5.11. The minimum atomic E-state index is -3.70. The zero-order valence-corrected chi connectivity index (χ0v) is 14.0. The highest BCUT2D eigenvalue weighted by atomic mass is 32.2. The Kier molecular flexibility index (Phi) is 5.04. The van der Waals surface area contributed by atoms with Gasteiger partial charge in [-0.1, -0.05) is 18.2 Å². The Balaban J connectivity index is 2.33. The quantitative estimate of drug-likeness (QED) is 0.658. The molecule has 0 radical (unpaired) electrons. The van der Waals surface area contributed by atoms with Gasteiger partial charge in [-0.2, -0.15) is 0 Å². The molecule has 2 aromatic carbocycles. The molecule has 0 aliphatic rings. The molecule has 0 saturated heterocycles. The molecule has 0 heterocycles. The average molecular weight is 348 g/mol. The van der Waals surface area contributed by atoms with E-state index in [-0.39, 0.29) is 27.7 Å². The van der Waals surface area contributed by atoms with Gasteiger partial charge < -0.3 is 9.84 Å². The van der Waals surface area contributed by atoms with Crippen molar-refractivity contribution in [3.63, 3.8) is 0 Å². The first-order chi connectivity index (χ1) is 11.2. The van der Waals surface area contributed by atoms with Crippen molar-refractivity contribution in [1.29, 1.82) is 0 Å². The van der Waals surface area contributed by atoms with Crippen molar-refractivity contribution in [1.82, 2.24) is 0 Å². The highest BCUT2D eigenvalue weighted by Crippen LogP contribution is 2.23. The zero-order valence-electron chi connectivity index (χ0n) is 13.1. The molecule has 0 bridgehead atoms. The molecule has 0 fully saturated rings. The number of ketones is 1. The van der Waals surface area contributed by atoms with Gasteiger partial charge in [-0.15, -0.1) is 0 Å². The summed E-state index contributed by atoms with van der Waals surface area (Å²) >= 11 is 0. The van der Waals surface area contributed by atoms with E-state index in [0.29, 0.717) is 11.1 Å². The van der Waals surface area contributed by atoms with Crippen LogP contribution in [-0.2, 0) is 20.3 Å². The van der Waals surface area contributed by atoms with Crippen molar-refractivity contribution in [3.8, 4) is 5.75 Å². The lowest BCUT2D eigenvalue weighted by Crippen LogP contribution is -2.07. The van der Waals surface area contributed by atoms with E-state index in [0.717, 1.165) is 0 Å². The van der Waals surface area contributed by atoms with Gasteiger partial charge in [0.25, 0.3) is 0 Å². The van der Waals surface area contributed by atoms with Gasteiger partial charge in [-0.3, -0.25) is 4.79 Å². The third kappa shape index (κ3) is 3.80. The topological polar surface area (TPSA) is 97.7 Å². The Morgan fingerprint density at radius 3 is 2.42 bits per heavy atom. The maximum Gasteiger partial charge on any atom is 0.341 e. The largest absolute Gasteiger partial charge is 0.507 e. The van der Waals surface area contributed by atoms with E-state index >= 15 is 0 Å². The fraction of sp³-hybridized carbons (Fsp3) is 0.176. The van der Waals surface area contributed by atoms with Gasteiger partial charge in [0, 0.05) is 5.56 Å². The number of hydrogen-bond acceptors (Lipinski definition) is 6. The van der Waals surface area contributed by atoms with E-state index < -0.39 is 15.8 Å². The molecule has 1 N–H and O–H groups in total. The second-order valence-electron chi connectivity index (χ2n) is 5.19. The Morgan fingerprint density at radius 1 is 1.12 bits per heavy atom. The molecule has 126 valence electrons. The molecule has 0 saturated carbocycles. The highest BCUT2D eigenvalue weighted by molar-refractivity contribution is 7.90. The van der Waals surface area contributed by atoms with E-state index in [1.54, 1.807) is 6.07 Å². The minimum Gasteiger partial charge on any atom is -0.507 e. The molecule has 0 aliphatic heterocycles. The van der Waals surface area contributed by atoms with Gasteiger partial charge in [0.15, 0.2) is 15.6 Å². The molecule has 0 atom stereocenters. The van der Waals surface area contributed by atoms with Crippen LogP contribution in [0.3, 0.4) is 0 Å². The lowest BCUT2D eigenvalue weighted by molar-refractivity contribution is 0.0597. The Bertz CT molecular complexity index is 899. The number of rotatable bonds is 5. The van der Waals surface area contributed by atoms with Crippen LogP contribution in [0, 0.1) is 0 Å². The van der Waals surface area contributed by atoms with Crippen LogP contribution in [0.2, 0.25) is 0 Å². The number of phenolic OH excluding ortho intramolecular Hbond substituents is 1. The van der Waals surface area contributed by atoms with Crippen LogP contribution in [0.25, 0.3) is 0 Å². The monoisotopic (exact) mass is 348 g/mol. The van der Waals surface area contributed by atoms with Crippen LogP contribution in [0.15, 0.2) is 47.4 Å². The Labute approximate surface area is 139 Å². The molecular formula is C17H16O6S. The molecule has 24 heavy (non-hydrogen) atoms. The molecule has 7 heteroatoms. The summed E-state index contributed by atoms with van der Waals surface area (Å²) in [6.07, 6.45) is 0.